The van der Waals surface area contributed by atoms with E-state index in [0.717, 1.165) is 0 Å². The maximum Gasteiger partial charge on any atom is 0.249 e. The van der Waals surface area contributed by atoms with Crippen LogP contribution in [0.15, 0.2) is 11.6 Å². The number of piperazine rings is 1. The summed E-state index contributed by atoms with van der Waals surface area (Å²) in [6, 6.07) is 0. The van der Waals surface area contributed by atoms with Crippen molar-refractivity contribution in [3.8, 4) is 0 Å². The average molecular weight is 287 g/mol. The molecule has 108 valence electrons. The standard InChI is InChI=1S/C14H23ClN2O2/c1-5-13(4)11(18)16-14(6-2,7-3)12(19)17(13)10-8-9-15/h8-9H,5-7,10H2,1-4H3,(H,16,18)/b9-8+. The fourth-order valence-corrected chi connectivity index (χ4v) is 2.60. The van der Waals surface area contributed by atoms with Crippen LogP contribution in [0.5, 0.6) is 0 Å². The van der Waals surface area contributed by atoms with Gasteiger partial charge in [-0.25, -0.2) is 0 Å². The molecular weight excluding hydrogens is 264 g/mol. The van der Waals surface area contributed by atoms with Crippen molar-refractivity contribution in [2.75, 3.05) is 6.54 Å². The summed E-state index contributed by atoms with van der Waals surface area (Å²) in [5.41, 5.74) is -0.192. The molecule has 1 rings (SSSR count). The fraction of sp³-hybridized carbons (Fsp3) is 0.714. The summed E-state index contributed by atoms with van der Waals surface area (Å²) in [6.45, 7) is 7.92. The van der Waals surface area contributed by atoms with Crippen molar-refractivity contribution in [3.05, 3.63) is 11.6 Å². The van der Waals surface area contributed by atoms with Crippen LogP contribution >= 0.6 is 11.6 Å². The number of rotatable bonds is 5. The summed E-state index contributed by atoms with van der Waals surface area (Å²) in [6.07, 6.45) is 3.45. The number of carbonyl (C=O) groups excluding carboxylic acids is 2. The van der Waals surface area contributed by atoms with Crippen LogP contribution in [0.25, 0.3) is 0 Å². The van der Waals surface area contributed by atoms with Crippen molar-refractivity contribution in [2.45, 2.75) is 58.0 Å². The molecule has 1 aliphatic rings. The largest absolute Gasteiger partial charge is 0.340 e. The monoisotopic (exact) mass is 286 g/mol. The van der Waals surface area contributed by atoms with E-state index in [0.29, 0.717) is 25.8 Å². The van der Waals surface area contributed by atoms with Crippen molar-refractivity contribution in [1.82, 2.24) is 10.2 Å². The molecular formula is C14H23ClN2O2. The molecule has 0 spiro atoms. The number of amides is 2. The third-order valence-corrected chi connectivity index (χ3v) is 4.54. The first-order valence-corrected chi connectivity index (χ1v) is 7.25. The van der Waals surface area contributed by atoms with Crippen molar-refractivity contribution >= 4 is 23.4 Å². The van der Waals surface area contributed by atoms with Gasteiger partial charge in [0.05, 0.1) is 0 Å². The molecule has 1 aliphatic heterocycles. The van der Waals surface area contributed by atoms with Crippen LogP contribution in [-0.2, 0) is 9.59 Å². The van der Waals surface area contributed by atoms with Crippen LogP contribution < -0.4 is 5.32 Å². The molecule has 1 heterocycles. The zero-order valence-electron chi connectivity index (χ0n) is 12.1. The van der Waals surface area contributed by atoms with E-state index < -0.39 is 11.1 Å². The number of hydrogen-bond acceptors (Lipinski definition) is 2. The fourth-order valence-electron chi connectivity index (χ4n) is 2.52. The molecule has 1 unspecified atom stereocenters. The van der Waals surface area contributed by atoms with E-state index in [9.17, 15) is 9.59 Å². The van der Waals surface area contributed by atoms with Gasteiger partial charge in [-0.15, -0.1) is 0 Å². The third kappa shape index (κ3) is 2.50. The van der Waals surface area contributed by atoms with Crippen LogP contribution in [0.4, 0.5) is 0 Å². The molecule has 19 heavy (non-hydrogen) atoms. The van der Waals surface area contributed by atoms with Gasteiger partial charge in [0.2, 0.25) is 11.8 Å². The van der Waals surface area contributed by atoms with Crippen molar-refractivity contribution < 1.29 is 9.59 Å². The van der Waals surface area contributed by atoms with Crippen molar-refractivity contribution in [3.63, 3.8) is 0 Å². The van der Waals surface area contributed by atoms with Crippen LogP contribution in [0, 0.1) is 0 Å². The summed E-state index contributed by atoms with van der Waals surface area (Å²) < 4.78 is 0. The summed E-state index contributed by atoms with van der Waals surface area (Å²) in [5, 5.41) is 2.94. The number of carbonyl (C=O) groups is 2. The second kappa shape index (κ2) is 5.95. The van der Waals surface area contributed by atoms with Crippen LogP contribution in [0.3, 0.4) is 0 Å². The van der Waals surface area contributed by atoms with E-state index in [1.54, 1.807) is 17.9 Å². The highest BCUT2D eigenvalue weighted by atomic mass is 35.5. The molecule has 0 aromatic carbocycles. The van der Waals surface area contributed by atoms with Crippen LogP contribution in [0.2, 0.25) is 0 Å². The molecule has 0 aromatic heterocycles. The number of nitrogens with one attached hydrogen (secondary N) is 1. The van der Waals surface area contributed by atoms with Crippen molar-refractivity contribution in [2.24, 2.45) is 0 Å². The molecule has 5 heteroatoms. The Morgan fingerprint density at radius 2 is 1.79 bits per heavy atom. The Kier molecular flexibility index (Phi) is 5.02. The van der Waals surface area contributed by atoms with Gasteiger partial charge in [0.15, 0.2) is 0 Å². The normalized spacial score (nSPS) is 26.9. The maximum atomic E-state index is 12.8. The van der Waals surface area contributed by atoms with Crippen molar-refractivity contribution in [1.29, 1.82) is 0 Å². The van der Waals surface area contributed by atoms with Gasteiger partial charge >= 0.3 is 0 Å². The third-order valence-electron chi connectivity index (χ3n) is 4.36. The van der Waals surface area contributed by atoms with Crippen LogP contribution in [0.1, 0.15) is 47.0 Å². The minimum Gasteiger partial charge on any atom is -0.340 e. The molecule has 0 bridgehead atoms. The Hall–Kier alpha value is -1.03. The molecule has 1 fully saturated rings. The molecule has 1 atom stereocenters. The smallest absolute Gasteiger partial charge is 0.249 e. The van der Waals surface area contributed by atoms with E-state index in [1.807, 2.05) is 20.8 Å². The molecule has 0 aliphatic carbocycles. The Balaban J connectivity index is 3.23. The first-order valence-electron chi connectivity index (χ1n) is 6.81. The van der Waals surface area contributed by atoms with E-state index in [-0.39, 0.29) is 11.8 Å². The summed E-state index contributed by atoms with van der Waals surface area (Å²) in [5.74, 6) is -0.0995. The van der Waals surface area contributed by atoms with E-state index in [1.165, 1.54) is 5.54 Å². The lowest BCUT2D eigenvalue weighted by Gasteiger charge is -2.50. The minimum atomic E-state index is -0.804. The molecule has 1 saturated heterocycles. The summed E-state index contributed by atoms with van der Waals surface area (Å²) in [7, 11) is 0. The molecule has 0 saturated carbocycles. The lowest BCUT2D eigenvalue weighted by molar-refractivity contribution is -0.162. The van der Waals surface area contributed by atoms with Gasteiger partial charge in [-0.3, -0.25) is 9.59 Å². The SMILES string of the molecule is CCC1(CC)NC(=O)C(C)(CC)N(C/C=C/Cl)C1=O. The second-order valence-corrected chi connectivity index (χ2v) is 5.40. The highest BCUT2D eigenvalue weighted by Crippen LogP contribution is 2.32. The molecule has 0 aromatic rings. The van der Waals surface area contributed by atoms with Gasteiger partial charge < -0.3 is 10.2 Å². The van der Waals surface area contributed by atoms with Gasteiger partial charge in [0, 0.05) is 12.1 Å². The highest BCUT2D eigenvalue weighted by Gasteiger charge is 2.53. The van der Waals surface area contributed by atoms with Gasteiger partial charge in [0.1, 0.15) is 11.1 Å². The number of nitrogens with zero attached hydrogens (tertiary/aromatic N) is 1. The van der Waals surface area contributed by atoms with Gasteiger partial charge in [-0.05, 0) is 26.2 Å². The molecule has 0 radical (unpaired) electrons. The van der Waals surface area contributed by atoms with Crippen LogP contribution in [-0.4, -0.2) is 34.3 Å². The Morgan fingerprint density at radius 3 is 2.21 bits per heavy atom. The van der Waals surface area contributed by atoms with Gasteiger partial charge in [-0.1, -0.05) is 38.4 Å². The van der Waals surface area contributed by atoms with E-state index in [4.69, 9.17) is 11.6 Å². The number of hydrogen-bond donors (Lipinski definition) is 1. The predicted molar refractivity (Wildman–Crippen MR) is 76.9 cm³/mol. The number of halogens is 1. The summed E-state index contributed by atoms with van der Waals surface area (Å²) in [4.78, 5) is 26.9. The quantitative estimate of drug-likeness (QED) is 0.844. The Labute approximate surface area is 120 Å². The Bertz CT molecular complexity index is 391. The zero-order valence-corrected chi connectivity index (χ0v) is 12.9. The van der Waals surface area contributed by atoms with E-state index >= 15 is 0 Å². The Morgan fingerprint density at radius 1 is 1.21 bits per heavy atom. The highest BCUT2D eigenvalue weighted by molar-refractivity contribution is 6.25. The second-order valence-electron chi connectivity index (χ2n) is 5.15. The maximum absolute atomic E-state index is 12.8. The lowest BCUT2D eigenvalue weighted by atomic mass is 9.81. The first-order chi connectivity index (χ1) is 8.91. The predicted octanol–water partition coefficient (Wildman–Crippen LogP) is 2.42. The topological polar surface area (TPSA) is 49.4 Å². The van der Waals surface area contributed by atoms with E-state index in [2.05, 4.69) is 5.32 Å². The molecule has 1 N–H and O–H groups in total. The van der Waals surface area contributed by atoms with Gasteiger partial charge in [-0.2, -0.15) is 0 Å². The zero-order chi connectivity index (χ0) is 14.7. The summed E-state index contributed by atoms with van der Waals surface area (Å²) >= 11 is 5.56. The minimum absolute atomic E-state index is 0.0174. The average Bonchev–Trinajstić information content (AvgIpc) is 2.43. The lowest BCUT2D eigenvalue weighted by Crippen LogP contribution is -2.74. The molecule has 4 nitrogen and oxygen atoms in total. The first kappa shape index (κ1) is 16.0. The molecule has 2 amide bonds. The van der Waals surface area contributed by atoms with Gasteiger partial charge in [0.25, 0.3) is 0 Å².